The van der Waals surface area contributed by atoms with Crippen LogP contribution in [-0.4, -0.2) is 18.5 Å². The Morgan fingerprint density at radius 3 is 2.56 bits per heavy atom. The Bertz CT molecular complexity index is 339. The van der Waals surface area contributed by atoms with Gasteiger partial charge in [0.15, 0.2) is 0 Å². The molecule has 1 heterocycles. The van der Waals surface area contributed by atoms with Crippen LogP contribution >= 0.6 is 0 Å². The molecule has 0 bridgehead atoms. The number of rotatable bonds is 6. The lowest BCUT2D eigenvalue weighted by Crippen LogP contribution is -2.18. The van der Waals surface area contributed by atoms with Gasteiger partial charge in [-0.05, 0) is 29.7 Å². The number of aliphatic imine (C=N–C) groups is 1. The van der Waals surface area contributed by atoms with Gasteiger partial charge in [-0.2, -0.15) is 0 Å². The van der Waals surface area contributed by atoms with Gasteiger partial charge in [-0.1, -0.05) is 40.7 Å². The van der Waals surface area contributed by atoms with E-state index < -0.39 is 0 Å². The van der Waals surface area contributed by atoms with Gasteiger partial charge in [0, 0.05) is 25.1 Å². The Labute approximate surface area is 112 Å². The van der Waals surface area contributed by atoms with Crippen LogP contribution in [0.5, 0.6) is 0 Å². The molecule has 0 saturated carbocycles. The largest absolute Gasteiger partial charge is 0.299 e. The van der Waals surface area contributed by atoms with Crippen LogP contribution in [0.1, 0.15) is 47.5 Å². The van der Waals surface area contributed by atoms with E-state index in [4.69, 9.17) is 0 Å². The normalized spacial score (nSPS) is 21.3. The predicted octanol–water partition coefficient (Wildman–Crippen LogP) is 3.91. The smallest absolute Gasteiger partial charge is 0.136 e. The number of carbonyl (C=O) groups is 1. The lowest BCUT2D eigenvalue weighted by molar-refractivity contribution is -0.123. The molecule has 1 aliphatic rings. The first-order valence-corrected chi connectivity index (χ1v) is 7.15. The summed E-state index contributed by atoms with van der Waals surface area (Å²) in [6.07, 6.45) is 5.77. The summed E-state index contributed by atoms with van der Waals surface area (Å²) in [4.78, 5) is 16.4. The molecule has 0 saturated heterocycles. The predicted molar refractivity (Wildman–Crippen MR) is 78.0 cm³/mol. The van der Waals surface area contributed by atoms with Crippen molar-refractivity contribution in [2.75, 3.05) is 6.54 Å². The van der Waals surface area contributed by atoms with Crippen LogP contribution in [0, 0.1) is 23.7 Å². The third-order valence-corrected chi connectivity index (χ3v) is 4.03. The lowest BCUT2D eigenvalue weighted by Gasteiger charge is -2.20. The van der Waals surface area contributed by atoms with Gasteiger partial charge in [0.1, 0.15) is 5.78 Å². The molecule has 2 heteroatoms. The molecule has 2 atom stereocenters. The second kappa shape index (κ2) is 6.86. The van der Waals surface area contributed by atoms with Crippen molar-refractivity contribution in [3.63, 3.8) is 0 Å². The zero-order valence-electron chi connectivity index (χ0n) is 12.4. The van der Waals surface area contributed by atoms with E-state index in [0.29, 0.717) is 30.0 Å². The second-order valence-corrected chi connectivity index (χ2v) is 6.14. The molecule has 0 radical (unpaired) electrons. The molecule has 18 heavy (non-hydrogen) atoms. The van der Waals surface area contributed by atoms with Crippen LogP contribution in [-0.2, 0) is 4.79 Å². The highest BCUT2D eigenvalue weighted by atomic mass is 16.1. The quantitative estimate of drug-likeness (QED) is 0.701. The molecule has 0 aliphatic carbocycles. The van der Waals surface area contributed by atoms with Crippen molar-refractivity contribution in [3.05, 3.63) is 11.6 Å². The first-order chi connectivity index (χ1) is 8.41. The van der Waals surface area contributed by atoms with E-state index in [1.807, 2.05) is 13.1 Å². The standard InChI is InChI=1S/C16H27NO/c1-11(2)13(5)16(18)7-6-14-8-15(12(3)4)10-17-9-14/h8-9,11-13,15H,6-7,10H2,1-5H3/t13-,15?/m0/s1. The molecule has 0 aromatic carbocycles. The van der Waals surface area contributed by atoms with Gasteiger partial charge < -0.3 is 0 Å². The number of hydrogen-bond donors (Lipinski definition) is 0. The fourth-order valence-electron chi connectivity index (χ4n) is 2.08. The Morgan fingerprint density at radius 2 is 2.00 bits per heavy atom. The van der Waals surface area contributed by atoms with Crippen molar-refractivity contribution >= 4 is 12.0 Å². The van der Waals surface area contributed by atoms with Crippen LogP contribution < -0.4 is 0 Å². The van der Waals surface area contributed by atoms with Gasteiger partial charge in [0.2, 0.25) is 0 Å². The van der Waals surface area contributed by atoms with E-state index in [1.54, 1.807) is 0 Å². The average Bonchev–Trinajstić information content (AvgIpc) is 2.35. The zero-order valence-corrected chi connectivity index (χ0v) is 12.4. The van der Waals surface area contributed by atoms with Crippen molar-refractivity contribution < 1.29 is 4.79 Å². The van der Waals surface area contributed by atoms with Crippen molar-refractivity contribution in [2.24, 2.45) is 28.7 Å². The van der Waals surface area contributed by atoms with E-state index in [0.717, 1.165) is 13.0 Å². The number of carbonyl (C=O) groups excluding carboxylic acids is 1. The summed E-state index contributed by atoms with van der Waals surface area (Å²) in [5.74, 6) is 2.17. The molecule has 0 amide bonds. The third kappa shape index (κ3) is 4.40. The van der Waals surface area contributed by atoms with E-state index >= 15 is 0 Å². The van der Waals surface area contributed by atoms with Crippen LogP contribution in [0.3, 0.4) is 0 Å². The lowest BCUT2D eigenvalue weighted by atomic mass is 9.88. The molecule has 2 nitrogen and oxygen atoms in total. The number of ketones is 1. The van der Waals surface area contributed by atoms with Crippen molar-refractivity contribution in [1.82, 2.24) is 0 Å². The van der Waals surface area contributed by atoms with Gasteiger partial charge in [-0.25, -0.2) is 0 Å². The Morgan fingerprint density at radius 1 is 1.33 bits per heavy atom. The Hall–Kier alpha value is -0.920. The summed E-state index contributed by atoms with van der Waals surface area (Å²) in [6.45, 7) is 11.6. The first-order valence-electron chi connectivity index (χ1n) is 7.15. The summed E-state index contributed by atoms with van der Waals surface area (Å²) < 4.78 is 0. The summed E-state index contributed by atoms with van der Waals surface area (Å²) in [5.41, 5.74) is 1.24. The third-order valence-electron chi connectivity index (χ3n) is 4.03. The highest BCUT2D eigenvalue weighted by molar-refractivity contribution is 5.84. The SMILES string of the molecule is CC(C)C1C=C(CCC(=O)[C@@H](C)C(C)C)C=NC1. The van der Waals surface area contributed by atoms with Crippen molar-refractivity contribution in [1.29, 1.82) is 0 Å². The molecule has 0 aromatic rings. The van der Waals surface area contributed by atoms with Crippen LogP contribution in [0.4, 0.5) is 0 Å². The maximum atomic E-state index is 12.0. The van der Waals surface area contributed by atoms with Gasteiger partial charge in [0.05, 0.1) is 0 Å². The minimum absolute atomic E-state index is 0.173. The van der Waals surface area contributed by atoms with Gasteiger partial charge >= 0.3 is 0 Å². The molecule has 1 unspecified atom stereocenters. The average molecular weight is 249 g/mol. The topological polar surface area (TPSA) is 29.4 Å². The Balaban J connectivity index is 2.48. The Kier molecular flexibility index (Phi) is 5.77. The maximum Gasteiger partial charge on any atom is 0.136 e. The highest BCUT2D eigenvalue weighted by Gasteiger charge is 2.18. The van der Waals surface area contributed by atoms with Gasteiger partial charge in [-0.3, -0.25) is 9.79 Å². The zero-order chi connectivity index (χ0) is 13.7. The van der Waals surface area contributed by atoms with Gasteiger partial charge in [-0.15, -0.1) is 0 Å². The summed E-state index contributed by atoms with van der Waals surface area (Å²) >= 11 is 0. The second-order valence-electron chi connectivity index (χ2n) is 6.14. The van der Waals surface area contributed by atoms with E-state index in [2.05, 4.69) is 38.8 Å². The number of allylic oxidation sites excluding steroid dienone is 1. The van der Waals surface area contributed by atoms with E-state index in [-0.39, 0.29) is 5.92 Å². The van der Waals surface area contributed by atoms with Crippen LogP contribution in [0.2, 0.25) is 0 Å². The molecule has 0 aromatic heterocycles. The molecule has 102 valence electrons. The molecular formula is C16H27NO. The van der Waals surface area contributed by atoms with Gasteiger partial charge in [0.25, 0.3) is 0 Å². The number of dihydropyridines is 1. The van der Waals surface area contributed by atoms with E-state index in [9.17, 15) is 4.79 Å². The molecular weight excluding hydrogens is 222 g/mol. The van der Waals surface area contributed by atoms with Crippen molar-refractivity contribution in [2.45, 2.75) is 47.5 Å². The molecule has 0 fully saturated rings. The minimum Gasteiger partial charge on any atom is -0.299 e. The fraction of sp³-hybridized carbons (Fsp3) is 0.750. The summed E-state index contributed by atoms with van der Waals surface area (Å²) in [7, 11) is 0. The minimum atomic E-state index is 0.173. The van der Waals surface area contributed by atoms with Crippen LogP contribution in [0.15, 0.2) is 16.6 Å². The highest BCUT2D eigenvalue weighted by Crippen LogP contribution is 2.21. The number of hydrogen-bond acceptors (Lipinski definition) is 2. The monoisotopic (exact) mass is 249 g/mol. The molecule has 1 aliphatic heterocycles. The first kappa shape index (κ1) is 15.1. The summed E-state index contributed by atoms with van der Waals surface area (Å²) in [5, 5.41) is 0. The van der Waals surface area contributed by atoms with Crippen molar-refractivity contribution in [3.8, 4) is 0 Å². The summed E-state index contributed by atoms with van der Waals surface area (Å²) in [6, 6.07) is 0. The molecule has 1 rings (SSSR count). The molecule has 0 spiro atoms. The number of Topliss-reactive ketones (excluding diaryl/α,β-unsaturated/α-hetero) is 1. The maximum absolute atomic E-state index is 12.0. The van der Waals surface area contributed by atoms with E-state index in [1.165, 1.54) is 5.57 Å². The number of nitrogens with zero attached hydrogens (tertiary/aromatic N) is 1. The van der Waals surface area contributed by atoms with Crippen LogP contribution in [0.25, 0.3) is 0 Å². The molecule has 0 N–H and O–H groups in total. The fourth-order valence-corrected chi connectivity index (χ4v) is 2.08.